The van der Waals surface area contributed by atoms with E-state index in [1.54, 1.807) is 0 Å². The Morgan fingerprint density at radius 2 is 2.21 bits per heavy atom. The van der Waals surface area contributed by atoms with Crippen LogP contribution in [-0.4, -0.2) is 11.0 Å². The number of hydrogen-bond acceptors (Lipinski definition) is 2. The monoisotopic (exact) mass is 192 g/mol. The molecule has 2 nitrogen and oxygen atoms in total. The van der Waals surface area contributed by atoms with Gasteiger partial charge in [0.05, 0.1) is 0 Å². The van der Waals surface area contributed by atoms with Crippen molar-refractivity contribution in [3.63, 3.8) is 0 Å². The molecule has 0 saturated heterocycles. The second-order valence-corrected chi connectivity index (χ2v) is 3.88. The number of aromatic nitrogens is 1. The van der Waals surface area contributed by atoms with Crippen LogP contribution in [-0.2, 0) is 12.8 Å². The Hall–Kier alpha value is -0.890. The van der Waals surface area contributed by atoms with Gasteiger partial charge >= 0.3 is 0 Å². The zero-order valence-electron chi connectivity index (χ0n) is 9.16. The molecule has 14 heavy (non-hydrogen) atoms. The van der Waals surface area contributed by atoms with Crippen molar-refractivity contribution in [2.45, 2.75) is 45.6 Å². The van der Waals surface area contributed by atoms with Crippen LogP contribution in [0.2, 0.25) is 0 Å². The first-order valence-electron chi connectivity index (χ1n) is 5.41. The SMILES string of the molecule is CCc1ccc(CCCC(C)N)cn1. The van der Waals surface area contributed by atoms with E-state index in [0.717, 1.165) is 25.7 Å². The van der Waals surface area contributed by atoms with Crippen molar-refractivity contribution in [2.75, 3.05) is 0 Å². The molecule has 1 aromatic heterocycles. The van der Waals surface area contributed by atoms with Crippen molar-refractivity contribution in [3.05, 3.63) is 29.6 Å². The number of hydrogen-bond donors (Lipinski definition) is 1. The number of aryl methyl sites for hydroxylation is 2. The van der Waals surface area contributed by atoms with Crippen molar-refractivity contribution in [1.82, 2.24) is 4.98 Å². The minimum atomic E-state index is 0.317. The van der Waals surface area contributed by atoms with Crippen molar-refractivity contribution < 1.29 is 0 Å². The van der Waals surface area contributed by atoms with Crippen LogP contribution >= 0.6 is 0 Å². The molecule has 1 heterocycles. The molecule has 0 amide bonds. The van der Waals surface area contributed by atoms with E-state index in [1.165, 1.54) is 11.3 Å². The van der Waals surface area contributed by atoms with E-state index >= 15 is 0 Å². The molecule has 1 atom stereocenters. The third-order valence-electron chi connectivity index (χ3n) is 2.37. The van der Waals surface area contributed by atoms with Gasteiger partial charge in [-0.3, -0.25) is 4.98 Å². The van der Waals surface area contributed by atoms with E-state index < -0.39 is 0 Å². The molecule has 0 fully saturated rings. The Morgan fingerprint density at radius 1 is 1.43 bits per heavy atom. The Bertz CT molecular complexity index is 252. The summed E-state index contributed by atoms with van der Waals surface area (Å²) >= 11 is 0. The lowest BCUT2D eigenvalue weighted by molar-refractivity contribution is 0.623. The molecule has 0 aliphatic heterocycles. The summed E-state index contributed by atoms with van der Waals surface area (Å²) in [6.45, 7) is 4.18. The molecular weight excluding hydrogens is 172 g/mol. The molecule has 1 unspecified atom stereocenters. The van der Waals surface area contributed by atoms with Gasteiger partial charge in [0.25, 0.3) is 0 Å². The maximum Gasteiger partial charge on any atom is 0.0401 e. The quantitative estimate of drug-likeness (QED) is 0.777. The average Bonchev–Trinajstić information content (AvgIpc) is 2.18. The van der Waals surface area contributed by atoms with Crippen LogP contribution in [0.25, 0.3) is 0 Å². The van der Waals surface area contributed by atoms with Gasteiger partial charge in [0.1, 0.15) is 0 Å². The second-order valence-electron chi connectivity index (χ2n) is 3.88. The van der Waals surface area contributed by atoms with Gasteiger partial charge in [-0.15, -0.1) is 0 Å². The highest BCUT2D eigenvalue weighted by atomic mass is 14.7. The lowest BCUT2D eigenvalue weighted by Crippen LogP contribution is -2.14. The molecule has 2 heteroatoms. The van der Waals surface area contributed by atoms with E-state index in [0.29, 0.717) is 6.04 Å². The predicted octanol–water partition coefficient (Wildman–Crippen LogP) is 2.31. The summed E-state index contributed by atoms with van der Waals surface area (Å²) in [5.74, 6) is 0. The molecule has 0 spiro atoms. The standard InChI is InChI=1S/C12H20N2/c1-3-12-8-7-11(9-14-12)6-4-5-10(2)13/h7-10H,3-6,13H2,1-2H3. The Labute approximate surface area is 86.5 Å². The summed E-state index contributed by atoms with van der Waals surface area (Å²) in [5, 5.41) is 0. The third-order valence-corrected chi connectivity index (χ3v) is 2.37. The summed E-state index contributed by atoms with van der Waals surface area (Å²) in [5.41, 5.74) is 8.18. The lowest BCUT2D eigenvalue weighted by atomic mass is 10.1. The van der Waals surface area contributed by atoms with Crippen LogP contribution in [0.1, 0.15) is 37.9 Å². The zero-order valence-corrected chi connectivity index (χ0v) is 9.16. The van der Waals surface area contributed by atoms with E-state index in [2.05, 4.69) is 31.0 Å². The van der Waals surface area contributed by atoms with Crippen molar-refractivity contribution in [1.29, 1.82) is 0 Å². The minimum Gasteiger partial charge on any atom is -0.328 e. The maximum absolute atomic E-state index is 5.69. The Balaban J connectivity index is 2.36. The molecule has 0 bridgehead atoms. The fraction of sp³-hybridized carbons (Fsp3) is 0.583. The average molecular weight is 192 g/mol. The Kier molecular flexibility index (Phi) is 4.60. The largest absolute Gasteiger partial charge is 0.328 e. The molecule has 0 aliphatic rings. The van der Waals surface area contributed by atoms with Gasteiger partial charge < -0.3 is 5.73 Å². The van der Waals surface area contributed by atoms with Crippen LogP contribution in [0.15, 0.2) is 18.3 Å². The highest BCUT2D eigenvalue weighted by Gasteiger charge is 1.97. The molecule has 1 rings (SSSR count). The predicted molar refractivity (Wildman–Crippen MR) is 60.2 cm³/mol. The molecule has 78 valence electrons. The van der Waals surface area contributed by atoms with E-state index in [-0.39, 0.29) is 0 Å². The third kappa shape index (κ3) is 3.88. The molecular formula is C12H20N2. The van der Waals surface area contributed by atoms with Crippen molar-refractivity contribution >= 4 is 0 Å². The fourth-order valence-electron chi connectivity index (χ4n) is 1.44. The second kappa shape index (κ2) is 5.76. The summed E-state index contributed by atoms with van der Waals surface area (Å²) < 4.78 is 0. The molecule has 0 radical (unpaired) electrons. The fourth-order valence-corrected chi connectivity index (χ4v) is 1.44. The van der Waals surface area contributed by atoms with Gasteiger partial charge in [-0.25, -0.2) is 0 Å². The van der Waals surface area contributed by atoms with E-state index in [1.807, 2.05) is 6.20 Å². The van der Waals surface area contributed by atoms with Crippen LogP contribution < -0.4 is 5.73 Å². The number of nitrogens with zero attached hydrogens (tertiary/aromatic N) is 1. The zero-order chi connectivity index (χ0) is 10.4. The summed E-state index contributed by atoms with van der Waals surface area (Å²) in [7, 11) is 0. The summed E-state index contributed by atoms with van der Waals surface area (Å²) in [4.78, 5) is 4.36. The molecule has 0 aliphatic carbocycles. The van der Waals surface area contributed by atoms with Crippen LogP contribution in [0.3, 0.4) is 0 Å². The van der Waals surface area contributed by atoms with Crippen LogP contribution in [0.5, 0.6) is 0 Å². The molecule has 0 saturated carbocycles. The van der Waals surface area contributed by atoms with Gasteiger partial charge in [0.15, 0.2) is 0 Å². The normalized spacial score (nSPS) is 12.8. The van der Waals surface area contributed by atoms with Crippen molar-refractivity contribution in [3.8, 4) is 0 Å². The van der Waals surface area contributed by atoms with Gasteiger partial charge in [-0.1, -0.05) is 13.0 Å². The molecule has 2 N–H and O–H groups in total. The van der Waals surface area contributed by atoms with E-state index in [4.69, 9.17) is 5.73 Å². The first-order chi connectivity index (χ1) is 6.72. The van der Waals surface area contributed by atoms with Gasteiger partial charge in [0, 0.05) is 17.9 Å². The number of pyridine rings is 1. The summed E-state index contributed by atoms with van der Waals surface area (Å²) in [6, 6.07) is 4.60. The lowest BCUT2D eigenvalue weighted by Gasteiger charge is -2.04. The number of rotatable bonds is 5. The minimum absolute atomic E-state index is 0.317. The van der Waals surface area contributed by atoms with Crippen molar-refractivity contribution in [2.24, 2.45) is 5.73 Å². The smallest absolute Gasteiger partial charge is 0.0401 e. The van der Waals surface area contributed by atoms with Gasteiger partial charge in [0.2, 0.25) is 0 Å². The topological polar surface area (TPSA) is 38.9 Å². The first-order valence-corrected chi connectivity index (χ1v) is 5.41. The highest BCUT2D eigenvalue weighted by molar-refractivity contribution is 5.14. The van der Waals surface area contributed by atoms with Gasteiger partial charge in [-0.2, -0.15) is 0 Å². The number of nitrogens with two attached hydrogens (primary N) is 1. The van der Waals surface area contributed by atoms with Gasteiger partial charge in [-0.05, 0) is 44.2 Å². The first kappa shape index (κ1) is 11.2. The molecule has 0 aromatic carbocycles. The maximum atomic E-state index is 5.69. The highest BCUT2D eigenvalue weighted by Crippen LogP contribution is 2.06. The molecule has 1 aromatic rings. The van der Waals surface area contributed by atoms with E-state index in [9.17, 15) is 0 Å². The van der Waals surface area contributed by atoms with Crippen LogP contribution in [0.4, 0.5) is 0 Å². The Morgan fingerprint density at radius 3 is 2.71 bits per heavy atom. The summed E-state index contributed by atoms with van der Waals surface area (Å²) in [6.07, 6.45) is 6.35. The van der Waals surface area contributed by atoms with Crippen LogP contribution in [0, 0.1) is 0 Å².